The van der Waals surface area contributed by atoms with Gasteiger partial charge < -0.3 is 15.0 Å². The first-order valence-corrected chi connectivity index (χ1v) is 8.48. The van der Waals surface area contributed by atoms with Gasteiger partial charge in [0.1, 0.15) is 22.4 Å². The summed E-state index contributed by atoms with van der Waals surface area (Å²) in [4.78, 5) is 11.2. The number of halogens is 1. The number of aromatic nitrogens is 2. The molecule has 0 aliphatic heterocycles. The van der Waals surface area contributed by atoms with Gasteiger partial charge in [0.25, 0.3) is 0 Å². The summed E-state index contributed by atoms with van der Waals surface area (Å²) in [6, 6.07) is 0.477. The van der Waals surface area contributed by atoms with Gasteiger partial charge in [-0.1, -0.05) is 6.92 Å². The van der Waals surface area contributed by atoms with Gasteiger partial charge in [-0.2, -0.15) is 0 Å². The normalized spacial score (nSPS) is 15.8. The first-order chi connectivity index (χ1) is 10.2. The second-order valence-corrected chi connectivity index (χ2v) is 6.34. The van der Waals surface area contributed by atoms with Crippen LogP contribution in [0.25, 0.3) is 0 Å². The van der Waals surface area contributed by atoms with Crippen LogP contribution in [0.15, 0.2) is 10.8 Å². The monoisotopic (exact) mass is 356 g/mol. The van der Waals surface area contributed by atoms with Crippen molar-refractivity contribution in [3.05, 3.63) is 10.8 Å². The molecule has 21 heavy (non-hydrogen) atoms. The van der Waals surface area contributed by atoms with Crippen molar-refractivity contribution >= 4 is 27.6 Å². The Bertz CT molecular complexity index is 453. The molecule has 0 radical (unpaired) electrons. The Balaban J connectivity index is 2.21. The molecule has 0 spiro atoms. The third-order valence-corrected chi connectivity index (χ3v) is 4.65. The van der Waals surface area contributed by atoms with Crippen LogP contribution in [-0.4, -0.2) is 42.8 Å². The summed E-state index contributed by atoms with van der Waals surface area (Å²) in [7, 11) is 1.74. The van der Waals surface area contributed by atoms with Crippen molar-refractivity contribution in [2.45, 2.75) is 39.2 Å². The molecular formula is C15H25BrN4O. The van der Waals surface area contributed by atoms with E-state index in [1.54, 1.807) is 13.4 Å². The van der Waals surface area contributed by atoms with Crippen LogP contribution in [0.4, 0.5) is 11.6 Å². The van der Waals surface area contributed by atoms with Gasteiger partial charge in [-0.15, -0.1) is 0 Å². The smallest absolute Gasteiger partial charge is 0.148 e. The van der Waals surface area contributed by atoms with Gasteiger partial charge in [0.2, 0.25) is 0 Å². The molecule has 1 atom stereocenters. The highest BCUT2D eigenvalue weighted by Crippen LogP contribution is 2.39. The van der Waals surface area contributed by atoms with E-state index in [0.717, 1.165) is 41.5 Å². The number of hydrogen-bond donors (Lipinski definition) is 1. The molecule has 1 unspecified atom stereocenters. The molecule has 118 valence electrons. The predicted octanol–water partition coefficient (Wildman–Crippen LogP) is 3.31. The predicted molar refractivity (Wildman–Crippen MR) is 89.9 cm³/mol. The highest BCUT2D eigenvalue weighted by molar-refractivity contribution is 9.10. The summed E-state index contributed by atoms with van der Waals surface area (Å²) in [6.07, 6.45) is 5.33. The van der Waals surface area contributed by atoms with Gasteiger partial charge in [0, 0.05) is 26.2 Å². The maximum absolute atomic E-state index is 5.26. The fraction of sp³-hybridized carbons (Fsp3) is 0.733. The molecule has 1 aromatic heterocycles. The summed E-state index contributed by atoms with van der Waals surface area (Å²) in [6.45, 7) is 6.87. The molecule has 2 rings (SSSR count). The first kappa shape index (κ1) is 16.5. The van der Waals surface area contributed by atoms with Crippen LogP contribution in [-0.2, 0) is 4.74 Å². The molecule has 0 saturated heterocycles. The minimum absolute atomic E-state index is 0.477. The molecule has 0 bridgehead atoms. The SMILES string of the molecule is CCCNc1ncnc(N(CCOC)C(C)C2CC2)c1Br. The average molecular weight is 357 g/mol. The molecule has 0 aromatic carbocycles. The minimum atomic E-state index is 0.477. The number of hydrogen-bond acceptors (Lipinski definition) is 5. The number of methoxy groups -OCH3 is 1. The lowest BCUT2D eigenvalue weighted by Gasteiger charge is -2.31. The van der Waals surface area contributed by atoms with Crippen molar-refractivity contribution in [1.82, 2.24) is 9.97 Å². The number of ether oxygens (including phenoxy) is 1. The van der Waals surface area contributed by atoms with Gasteiger partial charge in [-0.05, 0) is 48.0 Å². The molecule has 1 aliphatic carbocycles. The van der Waals surface area contributed by atoms with E-state index in [1.807, 2.05) is 0 Å². The molecule has 1 heterocycles. The second-order valence-electron chi connectivity index (χ2n) is 5.55. The molecular weight excluding hydrogens is 332 g/mol. The highest BCUT2D eigenvalue weighted by atomic mass is 79.9. The standard InChI is InChI=1S/C15H25BrN4O/c1-4-7-17-14-13(16)15(19-10-18-14)20(8-9-21-3)11(2)12-5-6-12/h10-12H,4-9H2,1-3H3,(H,17,18,19). The molecule has 1 N–H and O–H groups in total. The van der Waals surface area contributed by atoms with E-state index in [0.29, 0.717) is 12.6 Å². The zero-order valence-corrected chi connectivity index (χ0v) is 14.7. The Morgan fingerprint density at radius 1 is 1.48 bits per heavy atom. The van der Waals surface area contributed by atoms with Crippen LogP contribution in [0, 0.1) is 5.92 Å². The fourth-order valence-electron chi connectivity index (χ4n) is 2.45. The molecule has 5 nitrogen and oxygen atoms in total. The highest BCUT2D eigenvalue weighted by Gasteiger charge is 2.33. The second kappa shape index (κ2) is 7.94. The zero-order valence-electron chi connectivity index (χ0n) is 13.1. The molecule has 1 aromatic rings. The quantitative estimate of drug-likeness (QED) is 0.735. The largest absolute Gasteiger partial charge is 0.383 e. The van der Waals surface area contributed by atoms with Crippen molar-refractivity contribution in [3.63, 3.8) is 0 Å². The average Bonchev–Trinajstić information content (AvgIpc) is 3.32. The van der Waals surface area contributed by atoms with Gasteiger partial charge in [-0.3, -0.25) is 0 Å². The maximum Gasteiger partial charge on any atom is 0.148 e. The molecule has 1 saturated carbocycles. The maximum atomic E-state index is 5.26. The van der Waals surface area contributed by atoms with Crippen LogP contribution in [0.5, 0.6) is 0 Å². The van der Waals surface area contributed by atoms with Crippen molar-refractivity contribution in [1.29, 1.82) is 0 Å². The summed E-state index contributed by atoms with van der Waals surface area (Å²) >= 11 is 3.67. The third kappa shape index (κ3) is 4.30. The number of anilines is 2. The summed E-state index contributed by atoms with van der Waals surface area (Å²) in [5, 5.41) is 3.34. The van der Waals surface area contributed by atoms with Crippen LogP contribution >= 0.6 is 15.9 Å². The van der Waals surface area contributed by atoms with Crippen LogP contribution in [0.3, 0.4) is 0 Å². The lowest BCUT2D eigenvalue weighted by atomic mass is 10.2. The van der Waals surface area contributed by atoms with E-state index >= 15 is 0 Å². The molecule has 6 heteroatoms. The number of nitrogens with one attached hydrogen (secondary N) is 1. The summed E-state index contributed by atoms with van der Waals surface area (Å²) in [5.41, 5.74) is 0. The Hall–Kier alpha value is -0.880. The van der Waals surface area contributed by atoms with Crippen molar-refractivity contribution in [3.8, 4) is 0 Å². The Morgan fingerprint density at radius 2 is 2.24 bits per heavy atom. The third-order valence-electron chi connectivity index (χ3n) is 3.92. The summed E-state index contributed by atoms with van der Waals surface area (Å²) in [5.74, 6) is 2.60. The van der Waals surface area contributed by atoms with Crippen LogP contribution in [0.1, 0.15) is 33.1 Å². The topological polar surface area (TPSA) is 50.3 Å². The van der Waals surface area contributed by atoms with E-state index in [9.17, 15) is 0 Å². The van der Waals surface area contributed by atoms with Gasteiger partial charge in [0.15, 0.2) is 0 Å². The molecule has 1 fully saturated rings. The first-order valence-electron chi connectivity index (χ1n) is 7.69. The Morgan fingerprint density at radius 3 is 2.86 bits per heavy atom. The van der Waals surface area contributed by atoms with Crippen molar-refractivity contribution in [2.75, 3.05) is 37.0 Å². The Labute approximate surface area is 135 Å². The van der Waals surface area contributed by atoms with Crippen molar-refractivity contribution in [2.24, 2.45) is 5.92 Å². The van der Waals surface area contributed by atoms with E-state index in [4.69, 9.17) is 4.74 Å². The number of nitrogens with zero attached hydrogens (tertiary/aromatic N) is 3. The number of rotatable bonds is 9. The zero-order chi connectivity index (χ0) is 15.2. The molecule has 1 aliphatic rings. The Kier molecular flexibility index (Phi) is 6.23. The van der Waals surface area contributed by atoms with E-state index in [-0.39, 0.29) is 0 Å². The fourth-order valence-corrected chi connectivity index (χ4v) is 3.03. The van der Waals surface area contributed by atoms with Crippen LogP contribution < -0.4 is 10.2 Å². The van der Waals surface area contributed by atoms with E-state index in [2.05, 4.69) is 50.0 Å². The van der Waals surface area contributed by atoms with Crippen LogP contribution in [0.2, 0.25) is 0 Å². The van der Waals surface area contributed by atoms with E-state index in [1.165, 1.54) is 12.8 Å². The lowest BCUT2D eigenvalue weighted by Crippen LogP contribution is -2.38. The lowest BCUT2D eigenvalue weighted by molar-refractivity contribution is 0.202. The summed E-state index contributed by atoms with van der Waals surface area (Å²) < 4.78 is 6.21. The van der Waals surface area contributed by atoms with Gasteiger partial charge in [0.05, 0.1) is 6.61 Å². The molecule has 0 amide bonds. The van der Waals surface area contributed by atoms with E-state index < -0.39 is 0 Å². The van der Waals surface area contributed by atoms with Crippen molar-refractivity contribution < 1.29 is 4.74 Å². The van der Waals surface area contributed by atoms with Gasteiger partial charge >= 0.3 is 0 Å². The van der Waals surface area contributed by atoms with Gasteiger partial charge in [-0.25, -0.2) is 9.97 Å². The minimum Gasteiger partial charge on any atom is -0.383 e.